The molecule has 5 aromatic carbocycles. The van der Waals surface area contributed by atoms with Crippen molar-refractivity contribution in [3.63, 3.8) is 0 Å². The number of allylic oxidation sites excluding steroid dienone is 1. The van der Waals surface area contributed by atoms with E-state index in [0.29, 0.717) is 22.8 Å². The normalized spacial score (nSPS) is 13.5. The smallest absolute Gasteiger partial charge is 0.203 e. The van der Waals surface area contributed by atoms with E-state index in [-0.39, 0.29) is 5.78 Å². The number of Topliss-reactive ketones (excluding diaryl/α,β-unsaturated/α-hetero) is 1. The number of carbonyl (C=O) groups is 1. The number of hydrogen-bond donors (Lipinski definition) is 0. The Kier molecular flexibility index (Phi) is 7.56. The van der Waals surface area contributed by atoms with Crippen LogP contribution in [0, 0.1) is 0 Å². The fourth-order valence-corrected chi connectivity index (χ4v) is 10.4. The van der Waals surface area contributed by atoms with Crippen LogP contribution in [0.2, 0.25) is 0 Å². The number of carbonyl (C=O) groups excluding carboxylic acids is 1. The topological polar surface area (TPSA) is 44.8 Å². The minimum Gasteiger partial charge on any atom is -0.493 e. The first-order valence-corrected chi connectivity index (χ1v) is 15.5. The van der Waals surface area contributed by atoms with Crippen LogP contribution >= 0.6 is 6.89 Å². The number of rotatable bonds is 8. The third kappa shape index (κ3) is 4.45. The Labute approximate surface area is 246 Å². The van der Waals surface area contributed by atoms with Crippen LogP contribution in [0.25, 0.3) is 5.57 Å². The maximum Gasteiger partial charge on any atom is 0.203 e. The van der Waals surface area contributed by atoms with E-state index in [4.69, 9.17) is 14.2 Å². The molecule has 0 amide bonds. The lowest BCUT2D eigenvalue weighted by Gasteiger charge is -2.36. The molecule has 0 N–H and O–H groups in total. The number of methoxy groups -OCH3 is 3. The van der Waals surface area contributed by atoms with Crippen LogP contribution in [0.4, 0.5) is 0 Å². The standard InChI is InChI=1S/C37H31O4P/c1-39-32-23-27(24-33(40-2)37(32)41-3)31-25-35(36(38)26-15-7-4-8-16-26)42(28-17-9-5-10-18-28,29-19-11-6-12-20-29)34-22-14-13-21-30(31)34/h4-25H,1-3H3. The van der Waals surface area contributed by atoms with Gasteiger partial charge in [0.1, 0.15) is 0 Å². The highest BCUT2D eigenvalue weighted by Gasteiger charge is 2.38. The number of ketones is 1. The van der Waals surface area contributed by atoms with E-state index in [9.17, 15) is 4.79 Å². The van der Waals surface area contributed by atoms with Gasteiger partial charge in [-0.3, -0.25) is 4.79 Å². The van der Waals surface area contributed by atoms with Gasteiger partial charge in [-0.1, -0.05) is 115 Å². The Morgan fingerprint density at radius 1 is 0.595 bits per heavy atom. The third-order valence-electron chi connectivity index (χ3n) is 7.73. The quantitative estimate of drug-likeness (QED) is 0.158. The Morgan fingerprint density at radius 3 is 1.62 bits per heavy atom. The average Bonchev–Trinajstić information content (AvgIpc) is 3.07. The van der Waals surface area contributed by atoms with Crippen LogP contribution in [0.1, 0.15) is 21.5 Å². The summed E-state index contributed by atoms with van der Waals surface area (Å²) in [5.74, 6) is 1.64. The monoisotopic (exact) mass is 570 g/mol. The second-order valence-corrected chi connectivity index (χ2v) is 13.2. The molecule has 0 bridgehead atoms. The molecule has 5 aromatic rings. The van der Waals surface area contributed by atoms with E-state index in [1.165, 1.54) is 0 Å². The highest BCUT2D eigenvalue weighted by molar-refractivity contribution is 7.97. The van der Waals surface area contributed by atoms with Crippen molar-refractivity contribution in [3.05, 3.63) is 150 Å². The molecule has 0 aliphatic carbocycles. The molecule has 0 fully saturated rings. The van der Waals surface area contributed by atoms with E-state index in [1.54, 1.807) is 21.3 Å². The second-order valence-electron chi connectivity index (χ2n) is 9.91. The van der Waals surface area contributed by atoms with Crippen molar-refractivity contribution in [1.29, 1.82) is 0 Å². The average molecular weight is 571 g/mol. The molecule has 1 aliphatic rings. The summed E-state index contributed by atoms with van der Waals surface area (Å²) in [5.41, 5.74) is 3.52. The molecule has 208 valence electrons. The summed E-state index contributed by atoms with van der Waals surface area (Å²) in [4.78, 5) is 14.8. The fraction of sp³-hybridized carbons (Fsp3) is 0.0811. The van der Waals surface area contributed by atoms with Gasteiger partial charge >= 0.3 is 0 Å². The highest BCUT2D eigenvalue weighted by Crippen LogP contribution is 2.52. The molecule has 6 rings (SSSR count). The fourth-order valence-electron chi connectivity index (χ4n) is 5.87. The van der Waals surface area contributed by atoms with Crippen molar-refractivity contribution in [2.24, 2.45) is 0 Å². The molecular formula is C37H31O4P. The molecular weight excluding hydrogens is 539 g/mol. The predicted molar refractivity (Wildman–Crippen MR) is 174 cm³/mol. The molecule has 0 atom stereocenters. The van der Waals surface area contributed by atoms with Gasteiger partial charge in [0.2, 0.25) is 5.75 Å². The zero-order valence-electron chi connectivity index (χ0n) is 23.8. The molecule has 42 heavy (non-hydrogen) atoms. The summed E-state index contributed by atoms with van der Waals surface area (Å²) < 4.78 is 17.1. The van der Waals surface area contributed by atoms with Crippen molar-refractivity contribution in [2.75, 3.05) is 21.3 Å². The molecule has 1 heterocycles. The molecule has 0 saturated carbocycles. The van der Waals surface area contributed by atoms with Gasteiger partial charge in [0, 0.05) is 10.9 Å². The lowest BCUT2D eigenvalue weighted by molar-refractivity contribution is 0.106. The van der Waals surface area contributed by atoms with Gasteiger partial charge in [0.05, 0.1) is 21.3 Å². The van der Waals surface area contributed by atoms with Crippen molar-refractivity contribution < 1.29 is 19.0 Å². The third-order valence-corrected chi connectivity index (χ3v) is 12.0. The van der Waals surface area contributed by atoms with Gasteiger partial charge in [0.25, 0.3) is 0 Å². The molecule has 1 aliphatic heterocycles. The van der Waals surface area contributed by atoms with Crippen molar-refractivity contribution >= 4 is 39.4 Å². The molecule has 0 radical (unpaired) electrons. The summed E-state index contributed by atoms with van der Waals surface area (Å²) in [7, 11) is 4.82. The van der Waals surface area contributed by atoms with E-state index in [0.717, 1.165) is 37.9 Å². The molecule has 0 saturated heterocycles. The molecule has 4 nitrogen and oxygen atoms in total. The van der Waals surface area contributed by atoms with Crippen LogP contribution < -0.4 is 30.1 Å². The number of fused-ring (bicyclic) bond motifs is 1. The zero-order valence-corrected chi connectivity index (χ0v) is 24.7. The Morgan fingerprint density at radius 2 is 1.10 bits per heavy atom. The molecule has 0 spiro atoms. The zero-order chi connectivity index (χ0) is 29.1. The largest absolute Gasteiger partial charge is 0.493 e. The first-order valence-electron chi connectivity index (χ1n) is 13.7. The second kappa shape index (κ2) is 11.6. The lowest BCUT2D eigenvalue weighted by atomic mass is 9.94. The maximum absolute atomic E-state index is 14.8. The van der Waals surface area contributed by atoms with Crippen molar-refractivity contribution in [1.82, 2.24) is 0 Å². The van der Waals surface area contributed by atoms with E-state index in [2.05, 4.69) is 78.9 Å². The van der Waals surface area contributed by atoms with E-state index < -0.39 is 6.89 Å². The van der Waals surface area contributed by atoms with Gasteiger partial charge in [-0.05, 0) is 57.7 Å². The minimum absolute atomic E-state index is 0.0103. The van der Waals surface area contributed by atoms with Crippen molar-refractivity contribution in [2.45, 2.75) is 0 Å². The van der Waals surface area contributed by atoms with Gasteiger partial charge in [-0.15, -0.1) is 0 Å². The van der Waals surface area contributed by atoms with E-state index in [1.807, 2.05) is 54.6 Å². The van der Waals surface area contributed by atoms with Crippen LogP contribution in [-0.2, 0) is 0 Å². The van der Waals surface area contributed by atoms with Crippen LogP contribution in [0.15, 0.2) is 133 Å². The Bertz CT molecular complexity index is 1770. The van der Waals surface area contributed by atoms with Crippen LogP contribution in [-0.4, -0.2) is 32.4 Å². The van der Waals surface area contributed by atoms with Crippen LogP contribution in [0.5, 0.6) is 17.2 Å². The lowest BCUT2D eigenvalue weighted by Crippen LogP contribution is -2.36. The van der Waals surface area contributed by atoms with Crippen molar-refractivity contribution in [3.8, 4) is 17.2 Å². The van der Waals surface area contributed by atoms with Gasteiger partial charge < -0.3 is 14.2 Å². The Hall–Kier alpha value is -4.79. The summed E-state index contributed by atoms with van der Waals surface area (Å²) in [6.45, 7) is -2.62. The number of benzene rings is 5. The first-order chi connectivity index (χ1) is 20.6. The minimum atomic E-state index is -2.62. The molecule has 5 heteroatoms. The summed E-state index contributed by atoms with van der Waals surface area (Å²) >= 11 is 0. The van der Waals surface area contributed by atoms with E-state index >= 15 is 0 Å². The highest BCUT2D eigenvalue weighted by atomic mass is 31.2. The number of ether oxygens (including phenoxy) is 3. The van der Waals surface area contributed by atoms with Crippen LogP contribution in [0.3, 0.4) is 0 Å². The molecule has 0 aromatic heterocycles. The van der Waals surface area contributed by atoms with Gasteiger partial charge in [-0.25, -0.2) is 0 Å². The first kappa shape index (κ1) is 27.4. The summed E-state index contributed by atoms with van der Waals surface area (Å²) in [5, 5.41) is 4.16. The predicted octanol–water partition coefficient (Wildman–Crippen LogP) is 6.51. The SMILES string of the molecule is COc1cc(C2=CC(C(=O)c3ccccc3)=P(c3ccccc3)(c3ccccc3)c3ccccc32)cc(OC)c1OC. The number of hydrogen-bond acceptors (Lipinski definition) is 4. The Balaban J connectivity index is 1.81. The molecule has 0 unspecified atom stereocenters. The summed E-state index contributed by atoms with van der Waals surface area (Å²) in [6, 6.07) is 42.9. The van der Waals surface area contributed by atoms with Gasteiger partial charge in [0.15, 0.2) is 17.3 Å². The maximum atomic E-state index is 14.8. The summed E-state index contributed by atoms with van der Waals surface area (Å²) in [6.07, 6.45) is 2.10. The van der Waals surface area contributed by atoms with Gasteiger partial charge in [-0.2, -0.15) is 0 Å².